The number of unbranched alkanes of at least 4 members (excludes halogenated alkanes) is 18. The maximum Gasteiger partial charge on any atom is 0.582 e. The molecular formula is C84H121BrN8O2Si3. The van der Waals surface area contributed by atoms with E-state index in [0.29, 0.717) is 0 Å². The summed E-state index contributed by atoms with van der Waals surface area (Å²) in [5.74, 6) is 3.16. The van der Waals surface area contributed by atoms with E-state index in [-0.39, 0.29) is 16.2 Å². The van der Waals surface area contributed by atoms with Gasteiger partial charge in [0, 0.05) is 47.6 Å². The molecule has 2 N–H and O–H groups in total. The molecule has 0 fully saturated rings. The van der Waals surface area contributed by atoms with Gasteiger partial charge in [0.2, 0.25) is 0 Å². The Hall–Kier alpha value is -5.23. The van der Waals surface area contributed by atoms with Gasteiger partial charge in [-0.25, -0.2) is 20.0 Å². The Morgan fingerprint density at radius 3 is 0.969 bits per heavy atom. The van der Waals surface area contributed by atoms with Crippen molar-refractivity contribution >= 4 is 119 Å². The van der Waals surface area contributed by atoms with Crippen molar-refractivity contribution in [2.24, 2.45) is 20.0 Å². The van der Waals surface area contributed by atoms with Crippen molar-refractivity contribution < 1.29 is 8.23 Å². The summed E-state index contributed by atoms with van der Waals surface area (Å²) in [6, 6.07) is 39.4. The number of aromatic nitrogens is 4. The minimum Gasteiger partial charge on any atom is -0.404 e. The van der Waals surface area contributed by atoms with E-state index >= 15 is 0 Å². The zero-order valence-electron chi connectivity index (χ0n) is 63.2. The van der Waals surface area contributed by atoms with Gasteiger partial charge in [0.25, 0.3) is 0 Å². The second kappa shape index (κ2) is 31.6. The van der Waals surface area contributed by atoms with Crippen LogP contribution in [0.2, 0.25) is 36.3 Å². The van der Waals surface area contributed by atoms with Gasteiger partial charge in [-0.3, -0.25) is 8.47 Å². The van der Waals surface area contributed by atoms with Crippen LogP contribution in [0.3, 0.4) is 0 Å². The van der Waals surface area contributed by atoms with Crippen LogP contribution in [0.25, 0.3) is 53.9 Å². The summed E-state index contributed by atoms with van der Waals surface area (Å²) >= 11 is 3.98. The molecule has 2 aliphatic rings. The maximum absolute atomic E-state index is 9.81. The highest BCUT2D eigenvalue weighted by molar-refractivity contribution is 9.10. The second-order valence-electron chi connectivity index (χ2n) is 33.0. The largest absolute Gasteiger partial charge is 0.582 e. The van der Waals surface area contributed by atoms with Crippen molar-refractivity contribution in [1.29, 1.82) is 0 Å². The lowest BCUT2D eigenvalue weighted by Crippen LogP contribution is -2.75. The number of hydrogen-bond acceptors (Lipinski definition) is 6. The zero-order chi connectivity index (χ0) is 69.6. The molecule has 14 heteroatoms. The number of nitrogens with zero attached hydrogens (tertiary/aromatic N) is 6. The fourth-order valence-electron chi connectivity index (χ4n) is 16.0. The van der Waals surface area contributed by atoms with E-state index < -0.39 is 25.5 Å². The molecule has 9 aromatic rings. The van der Waals surface area contributed by atoms with Crippen molar-refractivity contribution in [3.05, 3.63) is 128 Å². The monoisotopic (exact) mass is 1440 g/mol. The van der Waals surface area contributed by atoms with E-state index in [1.807, 2.05) is 0 Å². The van der Waals surface area contributed by atoms with E-state index in [0.717, 1.165) is 178 Å². The molecule has 11 rings (SSSR count). The van der Waals surface area contributed by atoms with Gasteiger partial charge >= 0.3 is 8.88 Å². The smallest absolute Gasteiger partial charge is 0.404 e. The quantitative estimate of drug-likeness (QED) is 0.0309. The normalized spacial score (nSPS) is 15.6. The molecule has 0 unspecified atom stereocenters. The van der Waals surface area contributed by atoms with Crippen molar-refractivity contribution in [1.82, 2.24) is 18.4 Å². The summed E-state index contributed by atoms with van der Waals surface area (Å²) in [4.78, 5) is 33.6. The van der Waals surface area contributed by atoms with Crippen molar-refractivity contribution in [2.75, 3.05) is 0 Å². The third-order valence-corrected chi connectivity index (χ3v) is 37.6. The molecule has 5 aromatic carbocycles. The second-order valence-corrected chi connectivity index (χ2v) is 45.2. The van der Waals surface area contributed by atoms with Crippen molar-refractivity contribution in [2.45, 2.75) is 310 Å². The minimum absolute atomic E-state index is 0.129. The van der Waals surface area contributed by atoms with Gasteiger partial charge in [-0.05, 0) is 122 Å². The van der Waals surface area contributed by atoms with Crippen molar-refractivity contribution in [3.8, 4) is 0 Å². The van der Waals surface area contributed by atoms with Crippen LogP contribution >= 0.6 is 15.9 Å². The standard InChI is InChI=1S/C84H121BrN8O2Si3/c1-16-22-28-34-48-96(49-35-29-23-17-2,50-36-30-24-18-3)94-98(95-97(51-37-31-25-19-4,52-38-32-26-20-5)53-39-33-27-21-6)92-78-68-47-43-64(84(13,14)15)59-73(68)81(92)89-75-67-46-42-63(83(10,11)12)58-70(67)77(87-75)91-79-71-55-60-40-44-65(85)54-61(60)56-72(71)80(93(79)98)88-74-66-45-41-62(82(7,8)9)57-69(66)76(86-74)90-78/h40-47,54-59H,16-39,48-53H2,1-15H3,(H,86,88,90)(H,87,89,91). The Bertz CT molecular complexity index is 4400. The van der Waals surface area contributed by atoms with Crippen LogP contribution in [-0.2, 0) is 24.5 Å². The van der Waals surface area contributed by atoms with Gasteiger partial charge in [0.1, 0.15) is 45.2 Å². The summed E-state index contributed by atoms with van der Waals surface area (Å²) in [6.45, 7) is 35.2. The first-order chi connectivity index (χ1) is 47.0. The average molecular weight is 1440 g/mol. The maximum atomic E-state index is 9.81. The number of nitrogens with one attached hydrogen (secondary N) is 2. The molecule has 0 spiro atoms. The average Bonchev–Trinajstić information content (AvgIpc) is 1.51. The van der Waals surface area contributed by atoms with Crippen LogP contribution in [0.4, 0.5) is 23.3 Å². The predicted octanol–water partition coefficient (Wildman–Crippen LogP) is 25.0. The molecule has 6 heterocycles. The summed E-state index contributed by atoms with van der Waals surface area (Å²) in [5, 5.41) is 10.6. The van der Waals surface area contributed by atoms with Crippen LogP contribution in [-0.4, -0.2) is 44.0 Å². The first-order valence-corrected chi connectivity index (χ1v) is 46.7. The third kappa shape index (κ3) is 15.9. The van der Waals surface area contributed by atoms with E-state index in [2.05, 4.69) is 223 Å². The van der Waals surface area contributed by atoms with Crippen LogP contribution in [0.15, 0.2) is 109 Å². The van der Waals surface area contributed by atoms with Gasteiger partial charge in [-0.2, -0.15) is 0 Å². The molecule has 10 nitrogen and oxygen atoms in total. The lowest BCUT2D eigenvalue weighted by molar-refractivity contribution is 0.312. The highest BCUT2D eigenvalue weighted by Crippen LogP contribution is 2.44. The zero-order valence-corrected chi connectivity index (χ0v) is 67.8. The van der Waals surface area contributed by atoms with Crippen LogP contribution < -0.4 is 22.0 Å². The molecule has 0 saturated carbocycles. The number of H-pyrrole nitrogens is 2. The topological polar surface area (TPSA) is 109 Å². The first kappa shape index (κ1) is 74.0. The molecule has 0 aliphatic carbocycles. The van der Waals surface area contributed by atoms with Crippen LogP contribution in [0.1, 0.15) is 275 Å². The van der Waals surface area contributed by atoms with E-state index in [1.165, 1.54) is 132 Å². The molecule has 0 saturated heterocycles. The fourth-order valence-corrected chi connectivity index (χ4v) is 34.1. The summed E-state index contributed by atoms with van der Waals surface area (Å²) in [7, 11) is -10.7. The minimum atomic E-state index is -4.66. The van der Waals surface area contributed by atoms with Gasteiger partial charge in [0.15, 0.2) is 16.6 Å². The molecule has 528 valence electrons. The van der Waals surface area contributed by atoms with Crippen molar-refractivity contribution in [3.63, 3.8) is 0 Å². The molecule has 2 aliphatic heterocycles. The van der Waals surface area contributed by atoms with Crippen LogP contribution in [0.5, 0.6) is 0 Å². The van der Waals surface area contributed by atoms with E-state index in [4.69, 9.17) is 20.0 Å². The number of aromatic amines is 2. The molecule has 0 radical (unpaired) electrons. The Kier molecular flexibility index (Phi) is 23.8. The number of fused-ring (bicyclic) bond motifs is 17. The molecular weight excluding hydrogens is 1320 g/mol. The summed E-state index contributed by atoms with van der Waals surface area (Å²) in [6.07, 6.45) is 28.3. The number of rotatable bonds is 34. The number of hydrogen-bond donors (Lipinski definition) is 2. The van der Waals surface area contributed by atoms with Gasteiger partial charge in [-0.1, -0.05) is 316 Å². The molecule has 0 atom stereocenters. The third-order valence-electron chi connectivity index (χ3n) is 22.0. The van der Waals surface area contributed by atoms with Gasteiger partial charge in [0.05, 0.1) is 0 Å². The summed E-state index contributed by atoms with van der Waals surface area (Å²) < 4.78 is 26.0. The van der Waals surface area contributed by atoms with Gasteiger partial charge in [-0.15, -0.1) is 0 Å². The summed E-state index contributed by atoms with van der Waals surface area (Å²) in [5.41, 5.74) is 6.66. The highest BCUT2D eigenvalue weighted by Gasteiger charge is 2.60. The Balaban J connectivity index is 1.48. The SMILES string of the molecule is CCCCCC[Si](CCCCCC)(CCCCCC)O[Si]1(O[Si](CCCCCC)(CCCCCC)CCCCCC)n2/c3c4ccc(C(C)(C)C)cc4/c2=N/c2[nH]c(c4cc(C(C)(C)C)ccc24)/N=c2/c4cc5ccc(Br)cc5cc4/c(n21)=N/c1[nH]c(c2cc(C(C)(C)C)ccc12)/N=3. The Labute approximate surface area is 599 Å². The molecule has 0 amide bonds. The Morgan fingerprint density at radius 2 is 0.633 bits per heavy atom. The van der Waals surface area contributed by atoms with Gasteiger partial charge < -0.3 is 18.2 Å². The lowest BCUT2D eigenvalue weighted by Gasteiger charge is -2.47. The fraction of sp³-hybridized carbons (Fsp3) is 0.571. The molecule has 98 heavy (non-hydrogen) atoms. The highest BCUT2D eigenvalue weighted by atomic mass is 79.9. The predicted molar refractivity (Wildman–Crippen MR) is 429 cm³/mol. The Morgan fingerprint density at radius 1 is 0.337 bits per heavy atom. The van der Waals surface area contributed by atoms with Crippen LogP contribution in [0, 0.1) is 0 Å². The number of halogens is 1. The first-order valence-electron chi connectivity index (χ1n) is 39.1. The van der Waals surface area contributed by atoms with E-state index in [1.54, 1.807) is 0 Å². The number of benzene rings is 5. The molecule has 4 aromatic heterocycles. The molecule has 6 bridgehead atoms. The lowest BCUT2D eigenvalue weighted by atomic mass is 9.86. The van der Waals surface area contributed by atoms with E-state index in [9.17, 15) is 8.23 Å².